The highest BCUT2D eigenvalue weighted by molar-refractivity contribution is 7.98. The van der Waals surface area contributed by atoms with Crippen molar-refractivity contribution in [2.45, 2.75) is 32.2 Å². The van der Waals surface area contributed by atoms with Crippen LogP contribution in [0.4, 0.5) is 5.13 Å². The summed E-state index contributed by atoms with van der Waals surface area (Å²) in [7, 11) is 0. The van der Waals surface area contributed by atoms with Gasteiger partial charge in [0.15, 0.2) is 5.13 Å². The van der Waals surface area contributed by atoms with Crippen LogP contribution in [0.2, 0.25) is 0 Å². The Hall–Kier alpha value is -0.590. The number of nitrogens with one attached hydrogen (secondary N) is 1. The van der Waals surface area contributed by atoms with E-state index < -0.39 is 6.04 Å². The summed E-state index contributed by atoms with van der Waals surface area (Å²) in [5.41, 5.74) is 6.77. The summed E-state index contributed by atoms with van der Waals surface area (Å²) in [6.07, 6.45) is 2.69. The molecule has 96 valence electrons. The van der Waals surface area contributed by atoms with E-state index in [1.165, 1.54) is 11.3 Å². The van der Waals surface area contributed by atoms with Gasteiger partial charge in [-0.25, -0.2) is 4.98 Å². The fourth-order valence-electron chi connectivity index (χ4n) is 1.18. The predicted molar refractivity (Wildman–Crippen MR) is 75.8 cm³/mol. The average molecular weight is 273 g/mol. The van der Waals surface area contributed by atoms with Crippen molar-refractivity contribution in [2.24, 2.45) is 5.73 Å². The molecule has 0 aromatic carbocycles. The Morgan fingerprint density at radius 1 is 1.65 bits per heavy atom. The van der Waals surface area contributed by atoms with Crippen molar-refractivity contribution < 1.29 is 4.79 Å². The third-order valence-corrected chi connectivity index (χ3v) is 3.73. The quantitative estimate of drug-likeness (QED) is 0.834. The molecule has 1 aromatic rings. The third kappa shape index (κ3) is 4.65. The Balaban J connectivity index is 2.49. The maximum atomic E-state index is 11.7. The number of amides is 1. The first-order valence-corrected chi connectivity index (χ1v) is 7.82. The molecule has 1 rings (SSSR count). The van der Waals surface area contributed by atoms with Crippen LogP contribution in [0.3, 0.4) is 0 Å². The van der Waals surface area contributed by atoms with Crippen molar-refractivity contribution in [3.05, 3.63) is 11.1 Å². The van der Waals surface area contributed by atoms with Gasteiger partial charge in [0.25, 0.3) is 0 Å². The van der Waals surface area contributed by atoms with Gasteiger partial charge in [0, 0.05) is 5.38 Å². The summed E-state index contributed by atoms with van der Waals surface area (Å²) in [5.74, 6) is 1.12. The average Bonchev–Trinajstić information content (AvgIpc) is 2.74. The summed E-state index contributed by atoms with van der Waals surface area (Å²) in [6.45, 7) is 4.15. The Morgan fingerprint density at radius 3 is 2.88 bits per heavy atom. The molecule has 0 radical (unpaired) electrons. The molecule has 1 amide bonds. The van der Waals surface area contributed by atoms with Gasteiger partial charge in [-0.2, -0.15) is 11.8 Å². The highest BCUT2D eigenvalue weighted by Gasteiger charge is 2.15. The minimum atomic E-state index is -0.450. The van der Waals surface area contributed by atoms with Crippen molar-refractivity contribution >= 4 is 34.1 Å². The summed E-state index contributed by atoms with van der Waals surface area (Å²) < 4.78 is 0. The van der Waals surface area contributed by atoms with Gasteiger partial charge in [-0.1, -0.05) is 13.8 Å². The second-order valence-electron chi connectivity index (χ2n) is 4.11. The Labute approximate surface area is 110 Å². The van der Waals surface area contributed by atoms with Crippen LogP contribution in [0.5, 0.6) is 0 Å². The summed E-state index contributed by atoms with van der Waals surface area (Å²) in [5, 5.41) is 5.36. The van der Waals surface area contributed by atoms with E-state index in [0.29, 0.717) is 17.5 Å². The standard InChI is InChI=1S/C11H19N3OS2/c1-7(2)9-6-17-11(13-9)14-10(15)8(12)4-5-16-3/h6-8H,4-5,12H2,1-3H3,(H,13,14,15)/t8-/m0/s1. The van der Waals surface area contributed by atoms with E-state index in [4.69, 9.17) is 5.73 Å². The van der Waals surface area contributed by atoms with Crippen LogP contribution >= 0.6 is 23.1 Å². The number of anilines is 1. The molecule has 0 bridgehead atoms. The molecule has 0 saturated heterocycles. The van der Waals surface area contributed by atoms with E-state index in [-0.39, 0.29) is 5.91 Å². The van der Waals surface area contributed by atoms with Crippen LogP contribution in [-0.4, -0.2) is 28.9 Å². The first kappa shape index (κ1) is 14.5. The maximum absolute atomic E-state index is 11.7. The van der Waals surface area contributed by atoms with Gasteiger partial charge in [-0.05, 0) is 24.3 Å². The second-order valence-corrected chi connectivity index (χ2v) is 5.95. The van der Waals surface area contributed by atoms with Crippen LogP contribution in [0.15, 0.2) is 5.38 Å². The van der Waals surface area contributed by atoms with E-state index in [0.717, 1.165) is 11.4 Å². The fourth-order valence-corrected chi connectivity index (χ4v) is 2.55. The molecule has 1 aromatic heterocycles. The number of thiazole rings is 1. The first-order chi connectivity index (χ1) is 8.04. The minimum absolute atomic E-state index is 0.149. The van der Waals surface area contributed by atoms with E-state index in [2.05, 4.69) is 24.1 Å². The summed E-state index contributed by atoms with van der Waals surface area (Å²) in [4.78, 5) is 16.1. The number of hydrogen-bond donors (Lipinski definition) is 2. The van der Waals surface area contributed by atoms with Crippen LogP contribution in [0.25, 0.3) is 0 Å². The molecule has 1 atom stereocenters. The van der Waals surface area contributed by atoms with Crippen LogP contribution < -0.4 is 11.1 Å². The predicted octanol–water partition coefficient (Wildman–Crippen LogP) is 2.29. The molecule has 0 aliphatic heterocycles. The highest BCUT2D eigenvalue weighted by Crippen LogP contribution is 2.21. The molecule has 3 N–H and O–H groups in total. The summed E-state index contributed by atoms with van der Waals surface area (Å²) in [6, 6.07) is -0.450. The van der Waals surface area contributed by atoms with Gasteiger partial charge >= 0.3 is 0 Å². The molecule has 0 aliphatic rings. The molecule has 6 heteroatoms. The van der Waals surface area contributed by atoms with Crippen molar-refractivity contribution in [3.8, 4) is 0 Å². The summed E-state index contributed by atoms with van der Waals surface area (Å²) >= 11 is 3.13. The lowest BCUT2D eigenvalue weighted by atomic mass is 10.2. The Bertz CT molecular complexity index is 365. The van der Waals surface area contributed by atoms with Gasteiger partial charge in [-0.15, -0.1) is 11.3 Å². The number of aromatic nitrogens is 1. The normalized spacial score (nSPS) is 12.8. The number of hydrogen-bond acceptors (Lipinski definition) is 5. The second kappa shape index (κ2) is 6.98. The number of carbonyl (C=O) groups is 1. The zero-order chi connectivity index (χ0) is 12.8. The number of carbonyl (C=O) groups excluding carboxylic acids is 1. The fraction of sp³-hybridized carbons (Fsp3) is 0.636. The molecule has 17 heavy (non-hydrogen) atoms. The molecular weight excluding hydrogens is 254 g/mol. The number of thioether (sulfide) groups is 1. The number of rotatable bonds is 6. The smallest absolute Gasteiger partial charge is 0.243 e. The van der Waals surface area contributed by atoms with Crippen molar-refractivity contribution in [1.29, 1.82) is 0 Å². The number of nitrogens with zero attached hydrogens (tertiary/aromatic N) is 1. The Morgan fingerprint density at radius 2 is 2.35 bits per heavy atom. The molecule has 0 saturated carbocycles. The van der Waals surface area contributed by atoms with Gasteiger partial charge in [0.05, 0.1) is 11.7 Å². The van der Waals surface area contributed by atoms with Gasteiger partial charge in [0.2, 0.25) is 5.91 Å². The zero-order valence-corrected chi connectivity index (χ0v) is 12.0. The van der Waals surface area contributed by atoms with Crippen LogP contribution in [-0.2, 0) is 4.79 Å². The maximum Gasteiger partial charge on any atom is 0.243 e. The SMILES string of the molecule is CSCC[C@H](N)C(=O)Nc1nc(C(C)C)cs1. The van der Waals surface area contributed by atoms with Crippen LogP contribution in [0, 0.1) is 0 Å². The lowest BCUT2D eigenvalue weighted by Gasteiger charge is -2.09. The van der Waals surface area contributed by atoms with Gasteiger partial charge in [0.1, 0.15) is 0 Å². The topological polar surface area (TPSA) is 68.0 Å². The molecule has 4 nitrogen and oxygen atoms in total. The number of nitrogens with two attached hydrogens (primary N) is 1. The van der Waals surface area contributed by atoms with Crippen LogP contribution in [0.1, 0.15) is 31.9 Å². The Kier molecular flexibility index (Phi) is 5.94. The van der Waals surface area contributed by atoms with Crippen molar-refractivity contribution in [3.63, 3.8) is 0 Å². The minimum Gasteiger partial charge on any atom is -0.320 e. The highest BCUT2D eigenvalue weighted by atomic mass is 32.2. The monoisotopic (exact) mass is 273 g/mol. The lowest BCUT2D eigenvalue weighted by molar-refractivity contribution is -0.117. The third-order valence-electron chi connectivity index (χ3n) is 2.31. The zero-order valence-electron chi connectivity index (χ0n) is 10.4. The van der Waals surface area contributed by atoms with Crippen molar-refractivity contribution in [1.82, 2.24) is 4.98 Å². The molecular formula is C11H19N3OS2. The largest absolute Gasteiger partial charge is 0.320 e. The molecule has 0 spiro atoms. The van der Waals surface area contributed by atoms with Gasteiger partial charge in [-0.3, -0.25) is 4.79 Å². The molecule has 1 heterocycles. The van der Waals surface area contributed by atoms with Gasteiger partial charge < -0.3 is 11.1 Å². The van der Waals surface area contributed by atoms with E-state index >= 15 is 0 Å². The van der Waals surface area contributed by atoms with E-state index in [1.807, 2.05) is 11.6 Å². The van der Waals surface area contributed by atoms with E-state index in [9.17, 15) is 4.79 Å². The molecule has 0 fully saturated rings. The molecule has 0 aliphatic carbocycles. The molecule has 0 unspecified atom stereocenters. The lowest BCUT2D eigenvalue weighted by Crippen LogP contribution is -2.36. The van der Waals surface area contributed by atoms with E-state index in [1.54, 1.807) is 11.8 Å². The van der Waals surface area contributed by atoms with Crippen molar-refractivity contribution in [2.75, 3.05) is 17.3 Å². The first-order valence-electron chi connectivity index (χ1n) is 5.55.